The number of rotatable bonds is 2. The van der Waals surface area contributed by atoms with Gasteiger partial charge in [-0.3, -0.25) is 9.78 Å². The predicted molar refractivity (Wildman–Crippen MR) is 66.7 cm³/mol. The van der Waals surface area contributed by atoms with E-state index in [0.717, 1.165) is 11.6 Å². The molecule has 1 aromatic carbocycles. The lowest BCUT2D eigenvalue weighted by atomic mass is 10.1. The number of carbonyl (C=O) groups excluding carboxylic acids is 1. The Morgan fingerprint density at radius 1 is 1.22 bits per heavy atom. The SMILES string of the molecule is Cc1cnccc1NC(=O)c1cc(O)cc(O)c1. The first-order valence-corrected chi connectivity index (χ1v) is 5.31. The van der Waals surface area contributed by atoms with Crippen LogP contribution in [-0.4, -0.2) is 21.1 Å². The molecule has 3 N–H and O–H groups in total. The molecule has 0 saturated carbocycles. The summed E-state index contributed by atoms with van der Waals surface area (Å²) in [4.78, 5) is 15.8. The summed E-state index contributed by atoms with van der Waals surface area (Å²) >= 11 is 0. The molecule has 0 saturated heterocycles. The molecule has 5 heteroatoms. The molecule has 0 fully saturated rings. The fourth-order valence-electron chi connectivity index (χ4n) is 1.53. The summed E-state index contributed by atoms with van der Waals surface area (Å²) in [5, 5.41) is 21.3. The molecule has 2 aromatic rings. The van der Waals surface area contributed by atoms with Crippen LogP contribution in [0.1, 0.15) is 15.9 Å². The Balaban J connectivity index is 2.25. The van der Waals surface area contributed by atoms with Crippen LogP contribution in [-0.2, 0) is 0 Å². The lowest BCUT2D eigenvalue weighted by molar-refractivity contribution is 0.102. The van der Waals surface area contributed by atoms with Crippen LogP contribution in [0, 0.1) is 6.92 Å². The van der Waals surface area contributed by atoms with Crippen molar-refractivity contribution in [3.63, 3.8) is 0 Å². The van der Waals surface area contributed by atoms with Gasteiger partial charge in [0.1, 0.15) is 11.5 Å². The molecule has 0 aliphatic heterocycles. The highest BCUT2D eigenvalue weighted by Crippen LogP contribution is 2.21. The first kappa shape index (κ1) is 11.9. The summed E-state index contributed by atoms with van der Waals surface area (Å²) in [6.07, 6.45) is 3.21. The first-order valence-electron chi connectivity index (χ1n) is 5.31. The van der Waals surface area contributed by atoms with E-state index in [0.29, 0.717) is 5.69 Å². The molecule has 92 valence electrons. The Labute approximate surface area is 104 Å². The standard InChI is InChI=1S/C13H12N2O3/c1-8-7-14-3-2-12(8)15-13(18)9-4-10(16)6-11(17)5-9/h2-7,16-17H,1H3,(H,14,15,18). The van der Waals surface area contributed by atoms with E-state index in [2.05, 4.69) is 10.3 Å². The molecular weight excluding hydrogens is 232 g/mol. The Kier molecular flexibility index (Phi) is 3.14. The van der Waals surface area contributed by atoms with E-state index >= 15 is 0 Å². The van der Waals surface area contributed by atoms with Crippen molar-refractivity contribution in [2.45, 2.75) is 6.92 Å². The zero-order chi connectivity index (χ0) is 13.1. The smallest absolute Gasteiger partial charge is 0.255 e. The maximum Gasteiger partial charge on any atom is 0.255 e. The van der Waals surface area contributed by atoms with Gasteiger partial charge in [-0.05, 0) is 30.7 Å². The zero-order valence-corrected chi connectivity index (χ0v) is 9.71. The number of benzene rings is 1. The van der Waals surface area contributed by atoms with Crippen LogP contribution >= 0.6 is 0 Å². The van der Waals surface area contributed by atoms with Gasteiger partial charge in [-0.1, -0.05) is 0 Å². The largest absolute Gasteiger partial charge is 0.508 e. The first-order chi connectivity index (χ1) is 8.56. The van der Waals surface area contributed by atoms with Crippen molar-refractivity contribution in [1.29, 1.82) is 0 Å². The molecule has 1 amide bonds. The number of anilines is 1. The fourth-order valence-corrected chi connectivity index (χ4v) is 1.53. The molecule has 0 aliphatic rings. The maximum absolute atomic E-state index is 11.9. The number of aromatic hydroxyl groups is 2. The maximum atomic E-state index is 11.9. The normalized spacial score (nSPS) is 10.1. The van der Waals surface area contributed by atoms with Crippen molar-refractivity contribution >= 4 is 11.6 Å². The third kappa shape index (κ3) is 2.57. The van der Waals surface area contributed by atoms with Crippen molar-refractivity contribution in [2.24, 2.45) is 0 Å². The number of phenolic OH excluding ortho intramolecular Hbond substituents is 2. The van der Waals surface area contributed by atoms with Crippen LogP contribution in [0.4, 0.5) is 5.69 Å². The number of amides is 1. The summed E-state index contributed by atoms with van der Waals surface area (Å²) in [5.41, 5.74) is 1.65. The monoisotopic (exact) mass is 244 g/mol. The van der Waals surface area contributed by atoms with E-state index in [1.807, 2.05) is 6.92 Å². The highest BCUT2D eigenvalue weighted by atomic mass is 16.3. The molecule has 1 heterocycles. The number of hydrogen-bond donors (Lipinski definition) is 3. The second-order valence-electron chi connectivity index (χ2n) is 3.88. The Morgan fingerprint density at radius 3 is 2.50 bits per heavy atom. The minimum Gasteiger partial charge on any atom is -0.508 e. The third-order valence-electron chi connectivity index (χ3n) is 2.43. The van der Waals surface area contributed by atoms with Gasteiger partial charge in [-0.25, -0.2) is 0 Å². The van der Waals surface area contributed by atoms with Gasteiger partial charge in [0.15, 0.2) is 0 Å². The Bertz CT molecular complexity index is 576. The molecule has 0 unspecified atom stereocenters. The quantitative estimate of drug-likeness (QED) is 0.755. The summed E-state index contributed by atoms with van der Waals surface area (Å²) in [6.45, 7) is 1.82. The van der Waals surface area contributed by atoms with E-state index in [1.165, 1.54) is 12.1 Å². The topological polar surface area (TPSA) is 82.5 Å². The number of hydrogen-bond acceptors (Lipinski definition) is 4. The fraction of sp³-hybridized carbons (Fsp3) is 0.0769. The lowest BCUT2D eigenvalue weighted by Crippen LogP contribution is -2.12. The van der Waals surface area contributed by atoms with Crippen molar-refractivity contribution in [3.8, 4) is 11.5 Å². The molecule has 0 radical (unpaired) electrons. The summed E-state index contributed by atoms with van der Waals surface area (Å²) in [5.74, 6) is -0.728. The third-order valence-corrected chi connectivity index (χ3v) is 2.43. The summed E-state index contributed by atoms with van der Waals surface area (Å²) < 4.78 is 0. The molecule has 0 atom stereocenters. The van der Waals surface area contributed by atoms with Crippen LogP contribution < -0.4 is 5.32 Å². The second kappa shape index (κ2) is 4.75. The average Bonchev–Trinajstić information content (AvgIpc) is 2.31. The van der Waals surface area contributed by atoms with Crippen molar-refractivity contribution in [1.82, 2.24) is 4.98 Å². The molecule has 5 nitrogen and oxygen atoms in total. The minimum absolute atomic E-state index is 0.161. The number of pyridine rings is 1. The summed E-state index contributed by atoms with van der Waals surface area (Å²) in [7, 11) is 0. The van der Waals surface area contributed by atoms with E-state index < -0.39 is 5.91 Å². The van der Waals surface area contributed by atoms with Crippen molar-refractivity contribution < 1.29 is 15.0 Å². The summed E-state index contributed by atoms with van der Waals surface area (Å²) in [6, 6.07) is 5.40. The van der Waals surface area contributed by atoms with Crippen LogP contribution in [0.2, 0.25) is 0 Å². The highest BCUT2D eigenvalue weighted by Gasteiger charge is 2.09. The molecule has 1 aromatic heterocycles. The van der Waals surface area contributed by atoms with E-state index in [1.54, 1.807) is 18.5 Å². The number of aromatic nitrogens is 1. The van der Waals surface area contributed by atoms with E-state index in [9.17, 15) is 15.0 Å². The molecule has 0 bridgehead atoms. The van der Waals surface area contributed by atoms with Crippen LogP contribution in [0.5, 0.6) is 11.5 Å². The van der Waals surface area contributed by atoms with Crippen molar-refractivity contribution in [3.05, 3.63) is 47.8 Å². The molecule has 0 spiro atoms. The molecule has 2 rings (SSSR count). The van der Waals surface area contributed by atoms with Crippen molar-refractivity contribution in [2.75, 3.05) is 5.32 Å². The van der Waals surface area contributed by atoms with Gasteiger partial charge < -0.3 is 15.5 Å². The number of nitrogens with one attached hydrogen (secondary N) is 1. The van der Waals surface area contributed by atoms with Gasteiger partial charge in [0.05, 0.1) is 0 Å². The predicted octanol–water partition coefficient (Wildman–Crippen LogP) is 2.05. The van der Waals surface area contributed by atoms with Crippen LogP contribution in [0.3, 0.4) is 0 Å². The number of carbonyl (C=O) groups is 1. The van der Waals surface area contributed by atoms with Crippen LogP contribution in [0.15, 0.2) is 36.7 Å². The molecule has 18 heavy (non-hydrogen) atoms. The minimum atomic E-state index is -0.407. The van der Waals surface area contributed by atoms with Gasteiger partial charge in [-0.15, -0.1) is 0 Å². The second-order valence-corrected chi connectivity index (χ2v) is 3.88. The Hall–Kier alpha value is -2.56. The highest BCUT2D eigenvalue weighted by molar-refractivity contribution is 6.05. The zero-order valence-electron chi connectivity index (χ0n) is 9.71. The number of phenols is 2. The number of nitrogens with zero attached hydrogens (tertiary/aromatic N) is 1. The van der Waals surface area contributed by atoms with Crippen LogP contribution in [0.25, 0.3) is 0 Å². The van der Waals surface area contributed by atoms with E-state index in [4.69, 9.17) is 0 Å². The molecular formula is C13H12N2O3. The molecule has 0 aliphatic carbocycles. The lowest BCUT2D eigenvalue weighted by Gasteiger charge is -2.08. The van der Waals surface area contributed by atoms with Gasteiger partial charge in [0.2, 0.25) is 0 Å². The van der Waals surface area contributed by atoms with Gasteiger partial charge in [0.25, 0.3) is 5.91 Å². The van der Waals surface area contributed by atoms with Gasteiger partial charge >= 0.3 is 0 Å². The van der Waals surface area contributed by atoms with Gasteiger partial charge in [0, 0.05) is 29.7 Å². The van der Waals surface area contributed by atoms with E-state index in [-0.39, 0.29) is 17.1 Å². The number of aryl methyl sites for hydroxylation is 1. The average molecular weight is 244 g/mol. The Morgan fingerprint density at radius 2 is 1.89 bits per heavy atom. The van der Waals surface area contributed by atoms with Gasteiger partial charge in [-0.2, -0.15) is 0 Å².